The van der Waals surface area contributed by atoms with E-state index in [1.807, 2.05) is 36.4 Å². The fourth-order valence-corrected chi connectivity index (χ4v) is 7.17. The van der Waals surface area contributed by atoms with Gasteiger partial charge in [0.1, 0.15) is 11.5 Å². The summed E-state index contributed by atoms with van der Waals surface area (Å²) in [6.45, 7) is 3.50. The molecular weight excluding hydrogens is 666 g/mol. The van der Waals surface area contributed by atoms with E-state index in [9.17, 15) is 14.4 Å². The molecule has 2 aromatic carbocycles. The predicted octanol–water partition coefficient (Wildman–Crippen LogP) is 4.78. The van der Waals surface area contributed by atoms with E-state index in [-0.39, 0.29) is 17.0 Å². The summed E-state index contributed by atoms with van der Waals surface area (Å²) in [5.74, 6) is 0.645. The van der Waals surface area contributed by atoms with Crippen LogP contribution in [-0.2, 0) is 4.79 Å². The first-order valence-corrected chi connectivity index (χ1v) is 15.7. The van der Waals surface area contributed by atoms with Crippen LogP contribution >= 0.6 is 39.0 Å². The number of nitrogens with zero attached hydrogens (tertiary/aromatic N) is 3. The third-order valence-electron chi connectivity index (χ3n) is 6.69. The van der Waals surface area contributed by atoms with Crippen molar-refractivity contribution in [1.29, 1.82) is 0 Å². The van der Waals surface area contributed by atoms with Crippen LogP contribution in [0.4, 0.5) is 5.69 Å². The third kappa shape index (κ3) is 5.98. The standard InChI is InChI=1S/C31H24BrN5O5S2/c1-16-12-24(38)36-30(33-16)44-29-22(32)14-21(42-29)15-23-28(40)37-26(18-8-7-11-20(13-18)41-3)25(17(2)34-31(37)43-23)27(39)35-19-9-5-4-6-10-19/h4-15,26H,1-3H3,(H,35,39)(H,33,36,38)/b23-15+/t26-/m0/s1. The molecule has 222 valence electrons. The molecule has 5 aromatic rings. The highest BCUT2D eigenvalue weighted by atomic mass is 79.9. The summed E-state index contributed by atoms with van der Waals surface area (Å²) in [6.07, 6.45) is 1.64. The van der Waals surface area contributed by atoms with Crippen LogP contribution in [0.15, 0.2) is 112 Å². The molecule has 10 nitrogen and oxygen atoms in total. The fraction of sp³-hybridized carbons (Fsp3) is 0.129. The number of para-hydroxylation sites is 1. The van der Waals surface area contributed by atoms with Gasteiger partial charge in [-0.2, -0.15) is 0 Å². The second kappa shape index (κ2) is 12.3. The topological polar surface area (TPSA) is 132 Å². The summed E-state index contributed by atoms with van der Waals surface area (Å²) in [4.78, 5) is 51.8. The third-order valence-corrected chi connectivity index (χ3v) is 9.40. The van der Waals surface area contributed by atoms with Gasteiger partial charge in [0.2, 0.25) is 0 Å². The number of hydrogen-bond donors (Lipinski definition) is 2. The van der Waals surface area contributed by atoms with E-state index in [0.29, 0.717) is 63.8 Å². The average Bonchev–Trinajstić information content (AvgIpc) is 3.49. The van der Waals surface area contributed by atoms with E-state index in [0.717, 1.165) is 11.8 Å². The second-order valence-electron chi connectivity index (χ2n) is 9.76. The zero-order chi connectivity index (χ0) is 31.0. The van der Waals surface area contributed by atoms with Gasteiger partial charge in [-0.1, -0.05) is 41.7 Å². The Morgan fingerprint density at radius 1 is 1.14 bits per heavy atom. The largest absolute Gasteiger partial charge is 0.497 e. The lowest BCUT2D eigenvalue weighted by molar-refractivity contribution is -0.113. The molecule has 0 radical (unpaired) electrons. The Bertz CT molecular complexity index is 2180. The summed E-state index contributed by atoms with van der Waals surface area (Å²) in [5, 5.41) is 3.79. The molecule has 0 bridgehead atoms. The van der Waals surface area contributed by atoms with Gasteiger partial charge in [0, 0.05) is 23.5 Å². The van der Waals surface area contributed by atoms with Gasteiger partial charge in [-0.3, -0.25) is 19.0 Å². The number of rotatable bonds is 7. The fourth-order valence-electron chi connectivity index (χ4n) is 4.79. The zero-order valence-electron chi connectivity index (χ0n) is 23.6. The maximum atomic E-state index is 14.0. The molecule has 0 saturated carbocycles. The molecule has 6 rings (SSSR count). The molecule has 1 atom stereocenters. The number of methoxy groups -OCH3 is 1. The van der Waals surface area contributed by atoms with Crippen LogP contribution in [0.1, 0.15) is 30.0 Å². The predicted molar refractivity (Wildman–Crippen MR) is 172 cm³/mol. The van der Waals surface area contributed by atoms with E-state index in [1.54, 1.807) is 51.3 Å². The highest BCUT2D eigenvalue weighted by Crippen LogP contribution is 2.35. The summed E-state index contributed by atoms with van der Waals surface area (Å²) < 4.78 is 14.0. The van der Waals surface area contributed by atoms with Gasteiger partial charge in [-0.25, -0.2) is 9.98 Å². The van der Waals surface area contributed by atoms with Gasteiger partial charge in [-0.15, -0.1) is 0 Å². The first-order chi connectivity index (χ1) is 21.2. The van der Waals surface area contributed by atoms with Gasteiger partial charge in [-0.05, 0) is 77.4 Å². The molecule has 1 aliphatic rings. The number of anilines is 1. The van der Waals surface area contributed by atoms with E-state index in [1.165, 1.54) is 22.0 Å². The number of benzene rings is 2. The lowest BCUT2D eigenvalue weighted by atomic mass is 9.95. The van der Waals surface area contributed by atoms with Crippen LogP contribution in [-0.4, -0.2) is 27.6 Å². The number of aromatic nitrogens is 3. The van der Waals surface area contributed by atoms with Gasteiger partial charge >= 0.3 is 0 Å². The Labute approximate surface area is 267 Å². The summed E-state index contributed by atoms with van der Waals surface area (Å²) >= 11 is 5.85. The van der Waals surface area contributed by atoms with Crippen molar-refractivity contribution in [2.45, 2.75) is 30.1 Å². The summed E-state index contributed by atoms with van der Waals surface area (Å²) in [6, 6.07) is 18.8. The molecule has 0 unspecified atom stereocenters. The van der Waals surface area contributed by atoms with Crippen LogP contribution in [0, 0.1) is 6.92 Å². The monoisotopic (exact) mass is 689 g/mol. The van der Waals surface area contributed by atoms with Crippen molar-refractivity contribution < 1.29 is 13.9 Å². The van der Waals surface area contributed by atoms with Crippen molar-refractivity contribution in [3.63, 3.8) is 0 Å². The lowest BCUT2D eigenvalue weighted by Gasteiger charge is -2.25. The number of carbonyl (C=O) groups excluding carboxylic acids is 1. The SMILES string of the molecule is COc1cccc([C@H]2C(C(=O)Nc3ccccc3)=C(C)N=c3s/c(=C/c4cc(Br)c(Sc5nc(C)cc(=O)[nH]5)o4)c(=O)n32)c1. The second-order valence-corrected chi connectivity index (χ2v) is 12.6. The minimum atomic E-state index is -0.758. The van der Waals surface area contributed by atoms with Crippen LogP contribution in [0.25, 0.3) is 6.08 Å². The maximum Gasteiger partial charge on any atom is 0.271 e. The number of halogens is 1. The number of carbonyl (C=O) groups is 1. The molecule has 1 amide bonds. The average molecular weight is 691 g/mol. The number of nitrogens with one attached hydrogen (secondary N) is 2. The van der Waals surface area contributed by atoms with E-state index in [4.69, 9.17) is 9.15 Å². The van der Waals surface area contributed by atoms with Crippen molar-refractivity contribution in [2.75, 3.05) is 12.4 Å². The smallest absolute Gasteiger partial charge is 0.271 e. The van der Waals surface area contributed by atoms with Gasteiger partial charge in [0.25, 0.3) is 17.0 Å². The Morgan fingerprint density at radius 3 is 2.68 bits per heavy atom. The molecule has 13 heteroatoms. The molecule has 0 aliphatic carbocycles. The minimum absolute atomic E-state index is 0.262. The molecule has 1 aliphatic heterocycles. The highest BCUT2D eigenvalue weighted by molar-refractivity contribution is 9.10. The summed E-state index contributed by atoms with van der Waals surface area (Å²) in [5.41, 5.74) is 2.16. The molecule has 4 heterocycles. The molecule has 0 saturated heterocycles. The number of ether oxygens (including phenoxy) is 1. The van der Waals surface area contributed by atoms with Crippen molar-refractivity contribution in [3.8, 4) is 5.75 Å². The molecular formula is C31H24BrN5O5S2. The number of fused-ring (bicyclic) bond motifs is 1. The Kier molecular flexibility index (Phi) is 8.25. The summed E-state index contributed by atoms with van der Waals surface area (Å²) in [7, 11) is 1.56. The molecule has 2 N–H and O–H groups in total. The van der Waals surface area contributed by atoms with Crippen LogP contribution < -0.4 is 30.5 Å². The molecule has 44 heavy (non-hydrogen) atoms. The van der Waals surface area contributed by atoms with Crippen LogP contribution in [0.3, 0.4) is 0 Å². The van der Waals surface area contributed by atoms with Gasteiger partial charge in [0.05, 0.1) is 33.4 Å². The molecule has 0 spiro atoms. The van der Waals surface area contributed by atoms with Crippen LogP contribution in [0.5, 0.6) is 5.75 Å². The number of aryl methyl sites for hydroxylation is 1. The number of aromatic amines is 1. The first-order valence-electron chi connectivity index (χ1n) is 13.3. The normalized spacial score (nSPS) is 14.7. The van der Waals surface area contributed by atoms with Crippen molar-refractivity contribution in [3.05, 3.63) is 130 Å². The minimum Gasteiger partial charge on any atom is -0.497 e. The van der Waals surface area contributed by atoms with Gasteiger partial charge < -0.3 is 19.5 Å². The molecule has 0 fully saturated rings. The number of thiazole rings is 1. The number of hydrogen-bond acceptors (Lipinski definition) is 9. The highest BCUT2D eigenvalue weighted by Gasteiger charge is 2.33. The van der Waals surface area contributed by atoms with E-state index < -0.39 is 6.04 Å². The Morgan fingerprint density at radius 2 is 1.93 bits per heavy atom. The number of H-pyrrole nitrogens is 1. The Balaban J connectivity index is 1.43. The number of allylic oxidation sites excluding steroid dienone is 1. The Hall–Kier alpha value is -4.46. The maximum absolute atomic E-state index is 14.0. The molecule has 3 aromatic heterocycles. The van der Waals surface area contributed by atoms with Crippen LogP contribution in [0.2, 0.25) is 0 Å². The number of amides is 1. The van der Waals surface area contributed by atoms with E-state index >= 15 is 0 Å². The first kappa shape index (κ1) is 29.6. The van der Waals surface area contributed by atoms with Crippen molar-refractivity contribution >= 4 is 56.7 Å². The van der Waals surface area contributed by atoms with Gasteiger partial charge in [0.15, 0.2) is 15.1 Å². The van der Waals surface area contributed by atoms with E-state index in [2.05, 4.69) is 36.2 Å². The van der Waals surface area contributed by atoms with Crippen molar-refractivity contribution in [2.24, 2.45) is 4.99 Å². The quantitative estimate of drug-likeness (QED) is 0.235. The number of furan rings is 1. The zero-order valence-corrected chi connectivity index (χ0v) is 26.8. The lowest BCUT2D eigenvalue weighted by Crippen LogP contribution is -2.40. The van der Waals surface area contributed by atoms with Crippen molar-refractivity contribution in [1.82, 2.24) is 14.5 Å².